The SMILES string of the molecule is CCOc1ccc(-c2nnc(SCC(=O)Nc3ccccc3OCC)n2-c2ccccc2F)cc1. The first-order chi connectivity index (χ1) is 17.1. The van der Waals surface area contributed by atoms with E-state index in [2.05, 4.69) is 15.5 Å². The van der Waals surface area contributed by atoms with Crippen molar-refractivity contribution in [3.05, 3.63) is 78.6 Å². The zero-order valence-electron chi connectivity index (χ0n) is 19.4. The Labute approximate surface area is 207 Å². The fourth-order valence-electron chi connectivity index (χ4n) is 3.44. The Kier molecular flexibility index (Phi) is 7.99. The second-order valence-corrected chi connectivity index (χ2v) is 8.26. The molecule has 1 amide bonds. The van der Waals surface area contributed by atoms with E-state index in [0.29, 0.717) is 41.3 Å². The number of thioether (sulfide) groups is 1. The van der Waals surface area contributed by atoms with Gasteiger partial charge in [0, 0.05) is 5.56 Å². The number of nitrogens with zero attached hydrogens (tertiary/aromatic N) is 3. The maximum atomic E-state index is 14.8. The summed E-state index contributed by atoms with van der Waals surface area (Å²) < 4.78 is 27.5. The number of anilines is 1. The summed E-state index contributed by atoms with van der Waals surface area (Å²) in [5.74, 6) is 1.18. The number of ether oxygens (including phenoxy) is 2. The predicted octanol–water partition coefficient (Wildman–Crippen LogP) is 5.60. The second-order valence-electron chi connectivity index (χ2n) is 7.32. The Hall–Kier alpha value is -3.85. The van der Waals surface area contributed by atoms with Crippen molar-refractivity contribution in [2.75, 3.05) is 24.3 Å². The third-order valence-electron chi connectivity index (χ3n) is 4.94. The lowest BCUT2D eigenvalue weighted by molar-refractivity contribution is -0.113. The van der Waals surface area contributed by atoms with Crippen molar-refractivity contribution >= 4 is 23.4 Å². The average molecular weight is 493 g/mol. The summed E-state index contributed by atoms with van der Waals surface area (Å²) in [6.45, 7) is 4.84. The fourth-order valence-corrected chi connectivity index (χ4v) is 4.18. The van der Waals surface area contributed by atoms with Crippen LogP contribution in [-0.4, -0.2) is 39.6 Å². The Balaban J connectivity index is 1.59. The monoisotopic (exact) mass is 492 g/mol. The van der Waals surface area contributed by atoms with E-state index in [0.717, 1.165) is 11.3 Å². The lowest BCUT2D eigenvalue weighted by Gasteiger charge is -2.13. The summed E-state index contributed by atoms with van der Waals surface area (Å²) in [7, 11) is 0. The molecule has 4 aromatic rings. The molecule has 180 valence electrons. The summed E-state index contributed by atoms with van der Waals surface area (Å²) in [6, 6.07) is 21.0. The lowest BCUT2D eigenvalue weighted by Crippen LogP contribution is -2.15. The quantitative estimate of drug-likeness (QED) is 0.290. The number of hydrogen-bond acceptors (Lipinski definition) is 6. The van der Waals surface area contributed by atoms with Crippen LogP contribution in [0.3, 0.4) is 0 Å². The highest BCUT2D eigenvalue weighted by Gasteiger charge is 2.20. The highest BCUT2D eigenvalue weighted by Crippen LogP contribution is 2.30. The van der Waals surface area contributed by atoms with Gasteiger partial charge in [-0.2, -0.15) is 0 Å². The second kappa shape index (κ2) is 11.5. The highest BCUT2D eigenvalue weighted by molar-refractivity contribution is 7.99. The molecule has 3 aromatic carbocycles. The third-order valence-corrected chi connectivity index (χ3v) is 5.87. The maximum absolute atomic E-state index is 14.8. The molecule has 0 saturated carbocycles. The molecule has 1 aromatic heterocycles. The number of halogens is 1. The van der Waals surface area contributed by atoms with Crippen molar-refractivity contribution < 1.29 is 18.7 Å². The van der Waals surface area contributed by atoms with Crippen LogP contribution in [0.4, 0.5) is 10.1 Å². The molecule has 35 heavy (non-hydrogen) atoms. The Bertz CT molecular complexity index is 1290. The van der Waals surface area contributed by atoms with E-state index in [1.54, 1.807) is 34.9 Å². The van der Waals surface area contributed by atoms with E-state index in [4.69, 9.17) is 9.47 Å². The Morgan fingerprint density at radius 3 is 2.40 bits per heavy atom. The first-order valence-electron chi connectivity index (χ1n) is 11.2. The van der Waals surface area contributed by atoms with Crippen LogP contribution < -0.4 is 14.8 Å². The molecule has 0 bridgehead atoms. The van der Waals surface area contributed by atoms with Crippen LogP contribution >= 0.6 is 11.8 Å². The van der Waals surface area contributed by atoms with Crippen molar-refractivity contribution in [1.82, 2.24) is 14.8 Å². The van der Waals surface area contributed by atoms with Gasteiger partial charge in [-0.3, -0.25) is 9.36 Å². The van der Waals surface area contributed by atoms with Gasteiger partial charge in [-0.1, -0.05) is 36.0 Å². The molecule has 0 radical (unpaired) electrons. The topological polar surface area (TPSA) is 78.3 Å². The molecule has 7 nitrogen and oxygen atoms in total. The standard InChI is InChI=1S/C26H25FN4O3S/c1-3-33-19-15-13-18(14-16-19)25-29-30-26(31(25)22-11-7-5-9-20(22)27)35-17-24(32)28-21-10-6-8-12-23(21)34-4-2/h5-16H,3-4,17H2,1-2H3,(H,28,32). The van der Waals surface area contributed by atoms with E-state index in [-0.39, 0.29) is 11.7 Å². The van der Waals surface area contributed by atoms with Crippen LogP contribution in [0.2, 0.25) is 0 Å². The number of carbonyl (C=O) groups is 1. The van der Waals surface area contributed by atoms with E-state index in [1.165, 1.54) is 17.8 Å². The van der Waals surface area contributed by atoms with Crippen LogP contribution in [0.5, 0.6) is 11.5 Å². The van der Waals surface area contributed by atoms with Crippen molar-refractivity contribution in [3.8, 4) is 28.6 Å². The van der Waals surface area contributed by atoms with Crippen molar-refractivity contribution in [3.63, 3.8) is 0 Å². The fraction of sp³-hybridized carbons (Fsp3) is 0.192. The first kappa shape index (κ1) is 24.3. The van der Waals surface area contributed by atoms with Gasteiger partial charge >= 0.3 is 0 Å². The minimum atomic E-state index is -0.420. The van der Waals surface area contributed by atoms with Crippen molar-refractivity contribution in [1.29, 1.82) is 0 Å². The number of aromatic nitrogens is 3. The summed E-state index contributed by atoms with van der Waals surface area (Å²) >= 11 is 1.17. The van der Waals surface area contributed by atoms with Gasteiger partial charge in [-0.05, 0) is 62.4 Å². The zero-order chi connectivity index (χ0) is 24.6. The molecule has 0 spiro atoms. The summed E-state index contributed by atoms with van der Waals surface area (Å²) in [4.78, 5) is 12.7. The van der Waals surface area contributed by atoms with Gasteiger partial charge in [-0.15, -0.1) is 10.2 Å². The molecular formula is C26H25FN4O3S. The van der Waals surface area contributed by atoms with Crippen LogP contribution in [-0.2, 0) is 4.79 Å². The number of hydrogen-bond donors (Lipinski definition) is 1. The number of carbonyl (C=O) groups excluding carboxylic acids is 1. The molecule has 0 aliphatic rings. The third kappa shape index (κ3) is 5.81. The summed E-state index contributed by atoms with van der Waals surface area (Å²) in [5.41, 5.74) is 1.63. The van der Waals surface area contributed by atoms with Gasteiger partial charge < -0.3 is 14.8 Å². The minimum absolute atomic E-state index is 0.0519. The van der Waals surface area contributed by atoms with E-state index in [1.807, 2.05) is 50.2 Å². The molecule has 0 atom stereocenters. The Morgan fingerprint density at radius 2 is 1.66 bits per heavy atom. The first-order valence-corrected chi connectivity index (χ1v) is 12.2. The van der Waals surface area contributed by atoms with Gasteiger partial charge in [0.05, 0.1) is 30.3 Å². The molecule has 0 aliphatic heterocycles. The number of rotatable bonds is 10. The number of benzene rings is 3. The Morgan fingerprint density at radius 1 is 0.943 bits per heavy atom. The van der Waals surface area contributed by atoms with Gasteiger partial charge in [0.2, 0.25) is 5.91 Å². The van der Waals surface area contributed by atoms with Gasteiger partial charge in [0.15, 0.2) is 11.0 Å². The molecule has 0 unspecified atom stereocenters. The van der Waals surface area contributed by atoms with Crippen LogP contribution in [0, 0.1) is 5.82 Å². The number of nitrogens with one attached hydrogen (secondary N) is 1. The van der Waals surface area contributed by atoms with Crippen molar-refractivity contribution in [2.24, 2.45) is 0 Å². The van der Waals surface area contributed by atoms with Gasteiger partial charge in [-0.25, -0.2) is 4.39 Å². The molecule has 1 N–H and O–H groups in total. The molecule has 1 heterocycles. The molecule has 0 saturated heterocycles. The number of para-hydroxylation sites is 3. The summed E-state index contributed by atoms with van der Waals surface area (Å²) in [6.07, 6.45) is 0. The van der Waals surface area contributed by atoms with E-state index in [9.17, 15) is 9.18 Å². The average Bonchev–Trinajstić information content (AvgIpc) is 3.29. The predicted molar refractivity (Wildman–Crippen MR) is 135 cm³/mol. The molecule has 0 aliphatic carbocycles. The van der Waals surface area contributed by atoms with Crippen LogP contribution in [0.1, 0.15) is 13.8 Å². The minimum Gasteiger partial charge on any atom is -0.494 e. The van der Waals surface area contributed by atoms with Crippen molar-refractivity contribution in [2.45, 2.75) is 19.0 Å². The van der Waals surface area contributed by atoms with E-state index >= 15 is 0 Å². The van der Waals surface area contributed by atoms with Gasteiger partial charge in [0.1, 0.15) is 17.3 Å². The van der Waals surface area contributed by atoms with E-state index < -0.39 is 5.82 Å². The normalized spacial score (nSPS) is 10.7. The molecule has 0 fully saturated rings. The number of amides is 1. The molecular weight excluding hydrogens is 467 g/mol. The van der Waals surface area contributed by atoms with Gasteiger partial charge in [0.25, 0.3) is 0 Å². The van der Waals surface area contributed by atoms with Crippen LogP contribution in [0.25, 0.3) is 17.1 Å². The maximum Gasteiger partial charge on any atom is 0.234 e. The lowest BCUT2D eigenvalue weighted by atomic mass is 10.2. The zero-order valence-corrected chi connectivity index (χ0v) is 20.2. The molecule has 9 heteroatoms. The summed E-state index contributed by atoms with van der Waals surface area (Å²) in [5, 5.41) is 11.8. The van der Waals surface area contributed by atoms with Crippen LogP contribution in [0.15, 0.2) is 78.0 Å². The largest absolute Gasteiger partial charge is 0.494 e. The molecule has 4 rings (SSSR count). The highest BCUT2D eigenvalue weighted by atomic mass is 32.2. The smallest absolute Gasteiger partial charge is 0.234 e.